The van der Waals surface area contributed by atoms with Crippen LogP contribution in [0.3, 0.4) is 0 Å². The van der Waals surface area contributed by atoms with Gasteiger partial charge < -0.3 is 15.5 Å². The maximum absolute atomic E-state index is 5.29. The molecule has 5 heteroatoms. The van der Waals surface area contributed by atoms with Gasteiger partial charge in [-0.2, -0.15) is 0 Å². The SMILES string of the molecule is CN(CCCNC(=S)Nc1ccc(Br)cc1)c1ccccc1. The van der Waals surface area contributed by atoms with E-state index in [1.54, 1.807) is 0 Å². The quantitative estimate of drug-likeness (QED) is 0.580. The predicted molar refractivity (Wildman–Crippen MR) is 103 cm³/mol. The van der Waals surface area contributed by atoms with E-state index in [4.69, 9.17) is 12.2 Å². The highest BCUT2D eigenvalue weighted by atomic mass is 79.9. The van der Waals surface area contributed by atoms with Gasteiger partial charge in [-0.05, 0) is 55.0 Å². The molecule has 0 aromatic heterocycles. The Balaban J connectivity index is 1.66. The molecule has 2 aromatic rings. The third-order valence-corrected chi connectivity index (χ3v) is 4.03. The van der Waals surface area contributed by atoms with E-state index in [2.05, 4.69) is 62.8 Å². The summed E-state index contributed by atoms with van der Waals surface area (Å²) in [6, 6.07) is 18.3. The van der Waals surface area contributed by atoms with Crippen LogP contribution in [-0.4, -0.2) is 25.2 Å². The average molecular weight is 378 g/mol. The van der Waals surface area contributed by atoms with E-state index in [1.807, 2.05) is 30.3 Å². The Morgan fingerprint density at radius 2 is 1.77 bits per heavy atom. The zero-order chi connectivity index (χ0) is 15.8. The lowest BCUT2D eigenvalue weighted by molar-refractivity contribution is 0.755. The highest BCUT2D eigenvalue weighted by Crippen LogP contribution is 2.14. The Labute approximate surface area is 145 Å². The summed E-state index contributed by atoms with van der Waals surface area (Å²) in [6.45, 7) is 1.83. The largest absolute Gasteiger partial charge is 0.375 e. The number of nitrogens with one attached hydrogen (secondary N) is 2. The van der Waals surface area contributed by atoms with Crippen molar-refractivity contribution in [3.63, 3.8) is 0 Å². The molecule has 0 spiro atoms. The molecule has 22 heavy (non-hydrogen) atoms. The summed E-state index contributed by atoms with van der Waals surface area (Å²) in [4.78, 5) is 2.24. The fraction of sp³-hybridized carbons (Fsp3) is 0.235. The van der Waals surface area contributed by atoms with Crippen LogP contribution in [0.4, 0.5) is 11.4 Å². The van der Waals surface area contributed by atoms with Crippen LogP contribution < -0.4 is 15.5 Å². The summed E-state index contributed by atoms with van der Waals surface area (Å²) in [5.74, 6) is 0. The molecule has 0 bridgehead atoms. The van der Waals surface area contributed by atoms with Gasteiger partial charge in [0, 0.05) is 36.0 Å². The number of anilines is 2. The van der Waals surface area contributed by atoms with Gasteiger partial charge in [0.15, 0.2) is 5.11 Å². The van der Waals surface area contributed by atoms with Crippen molar-refractivity contribution >= 4 is 44.6 Å². The van der Waals surface area contributed by atoms with Crippen LogP contribution in [0.15, 0.2) is 59.1 Å². The summed E-state index contributed by atoms with van der Waals surface area (Å²) in [7, 11) is 2.10. The van der Waals surface area contributed by atoms with E-state index < -0.39 is 0 Å². The van der Waals surface area contributed by atoms with Crippen LogP contribution in [0, 0.1) is 0 Å². The normalized spacial score (nSPS) is 10.1. The molecule has 2 N–H and O–H groups in total. The molecule has 3 nitrogen and oxygen atoms in total. The third-order valence-electron chi connectivity index (χ3n) is 3.25. The lowest BCUT2D eigenvalue weighted by Crippen LogP contribution is -2.31. The van der Waals surface area contributed by atoms with Crippen molar-refractivity contribution in [2.45, 2.75) is 6.42 Å². The van der Waals surface area contributed by atoms with Crippen LogP contribution in [0.2, 0.25) is 0 Å². The maximum Gasteiger partial charge on any atom is 0.170 e. The van der Waals surface area contributed by atoms with Crippen LogP contribution in [-0.2, 0) is 0 Å². The highest BCUT2D eigenvalue weighted by Gasteiger charge is 2.00. The van der Waals surface area contributed by atoms with Crippen LogP contribution in [0.5, 0.6) is 0 Å². The zero-order valence-electron chi connectivity index (χ0n) is 12.6. The number of rotatable bonds is 6. The fourth-order valence-electron chi connectivity index (χ4n) is 2.04. The number of halogens is 1. The molecule has 0 heterocycles. The van der Waals surface area contributed by atoms with Crippen LogP contribution >= 0.6 is 28.1 Å². The van der Waals surface area contributed by atoms with Gasteiger partial charge in [0.25, 0.3) is 0 Å². The Morgan fingerprint density at radius 3 is 2.45 bits per heavy atom. The first-order chi connectivity index (χ1) is 10.6. The number of benzene rings is 2. The molecule has 2 rings (SSSR count). The number of para-hydroxylation sites is 1. The summed E-state index contributed by atoms with van der Waals surface area (Å²) in [6.07, 6.45) is 1.02. The van der Waals surface area contributed by atoms with E-state index >= 15 is 0 Å². The van der Waals surface area contributed by atoms with E-state index in [1.165, 1.54) is 5.69 Å². The van der Waals surface area contributed by atoms with Gasteiger partial charge in [0.05, 0.1) is 0 Å². The Morgan fingerprint density at radius 1 is 1.09 bits per heavy atom. The second-order valence-electron chi connectivity index (χ2n) is 5.00. The molecule has 2 aromatic carbocycles. The molecular weight excluding hydrogens is 358 g/mol. The number of nitrogens with zero attached hydrogens (tertiary/aromatic N) is 1. The first-order valence-electron chi connectivity index (χ1n) is 7.22. The first kappa shape index (κ1) is 16.8. The minimum Gasteiger partial charge on any atom is -0.375 e. The predicted octanol–water partition coefficient (Wildman–Crippen LogP) is 4.26. The monoisotopic (exact) mass is 377 g/mol. The second kappa shape index (κ2) is 8.76. The van der Waals surface area contributed by atoms with E-state index in [-0.39, 0.29) is 0 Å². The molecule has 0 saturated carbocycles. The topological polar surface area (TPSA) is 27.3 Å². The van der Waals surface area contributed by atoms with Crippen molar-refractivity contribution in [2.75, 3.05) is 30.4 Å². The van der Waals surface area contributed by atoms with E-state index in [0.717, 1.165) is 29.7 Å². The molecule has 0 saturated heterocycles. The van der Waals surface area contributed by atoms with Gasteiger partial charge in [-0.1, -0.05) is 34.1 Å². The molecule has 0 fully saturated rings. The molecule has 0 atom stereocenters. The minimum atomic E-state index is 0.657. The average Bonchev–Trinajstić information content (AvgIpc) is 2.54. The van der Waals surface area contributed by atoms with Crippen molar-refractivity contribution in [3.8, 4) is 0 Å². The maximum atomic E-state index is 5.29. The van der Waals surface area contributed by atoms with Gasteiger partial charge >= 0.3 is 0 Å². The summed E-state index contributed by atoms with van der Waals surface area (Å²) >= 11 is 8.71. The van der Waals surface area contributed by atoms with Gasteiger partial charge in [0.1, 0.15) is 0 Å². The smallest absolute Gasteiger partial charge is 0.170 e. The molecule has 0 unspecified atom stereocenters. The molecule has 0 radical (unpaired) electrons. The summed E-state index contributed by atoms with van der Waals surface area (Å²) < 4.78 is 1.06. The molecule has 0 amide bonds. The third kappa shape index (κ3) is 5.66. The van der Waals surface area contributed by atoms with Gasteiger partial charge in [-0.25, -0.2) is 0 Å². The van der Waals surface area contributed by atoms with Crippen molar-refractivity contribution in [2.24, 2.45) is 0 Å². The molecule has 0 aliphatic heterocycles. The van der Waals surface area contributed by atoms with Crippen LogP contribution in [0.1, 0.15) is 6.42 Å². The summed E-state index contributed by atoms with van der Waals surface area (Å²) in [5, 5.41) is 7.07. The molecular formula is C17H20BrN3S. The first-order valence-corrected chi connectivity index (χ1v) is 8.42. The standard InChI is InChI=1S/C17H20BrN3S/c1-21(16-6-3-2-4-7-16)13-5-12-19-17(22)20-15-10-8-14(18)9-11-15/h2-4,6-11H,5,12-13H2,1H3,(H2,19,20,22). The number of thiocarbonyl (C=S) groups is 1. The Hall–Kier alpha value is -1.59. The van der Waals surface area contributed by atoms with E-state index in [9.17, 15) is 0 Å². The van der Waals surface area contributed by atoms with Gasteiger partial charge in [0.2, 0.25) is 0 Å². The van der Waals surface area contributed by atoms with Crippen LogP contribution in [0.25, 0.3) is 0 Å². The van der Waals surface area contributed by atoms with Crippen molar-refractivity contribution < 1.29 is 0 Å². The molecule has 0 aliphatic carbocycles. The summed E-state index contributed by atoms with van der Waals surface area (Å²) in [5.41, 5.74) is 2.22. The lowest BCUT2D eigenvalue weighted by Gasteiger charge is -2.19. The molecule has 116 valence electrons. The lowest BCUT2D eigenvalue weighted by atomic mass is 10.3. The van der Waals surface area contributed by atoms with E-state index in [0.29, 0.717) is 5.11 Å². The minimum absolute atomic E-state index is 0.657. The fourth-order valence-corrected chi connectivity index (χ4v) is 2.52. The Kier molecular flexibility index (Phi) is 6.68. The Bertz CT molecular complexity index is 587. The number of hydrogen-bond acceptors (Lipinski definition) is 2. The van der Waals surface area contributed by atoms with Gasteiger partial charge in [-0.3, -0.25) is 0 Å². The highest BCUT2D eigenvalue weighted by molar-refractivity contribution is 9.10. The van der Waals surface area contributed by atoms with Gasteiger partial charge in [-0.15, -0.1) is 0 Å². The second-order valence-corrected chi connectivity index (χ2v) is 6.32. The van der Waals surface area contributed by atoms with Crippen molar-refractivity contribution in [3.05, 3.63) is 59.1 Å². The van der Waals surface area contributed by atoms with Crippen molar-refractivity contribution in [1.82, 2.24) is 5.32 Å². The number of hydrogen-bond donors (Lipinski definition) is 2. The zero-order valence-corrected chi connectivity index (χ0v) is 15.0. The van der Waals surface area contributed by atoms with Crippen molar-refractivity contribution in [1.29, 1.82) is 0 Å². The molecule has 0 aliphatic rings.